The fourth-order valence-electron chi connectivity index (χ4n) is 1.40. The molecule has 1 aromatic rings. The number of benzene rings is 1. The highest BCUT2D eigenvalue weighted by atomic mass is 32.2. The minimum atomic E-state index is -3.52. The van der Waals surface area contributed by atoms with Crippen molar-refractivity contribution in [1.82, 2.24) is 0 Å². The first-order valence-electron chi connectivity index (χ1n) is 5.27. The van der Waals surface area contributed by atoms with E-state index in [2.05, 4.69) is 0 Å². The van der Waals surface area contributed by atoms with Crippen LogP contribution >= 0.6 is 0 Å². The molecule has 0 aromatic heterocycles. The number of carbonyl (C=O) groups is 1. The second-order valence-corrected chi connectivity index (χ2v) is 6.30. The summed E-state index contributed by atoms with van der Waals surface area (Å²) in [5, 5.41) is 8.73. The summed E-state index contributed by atoms with van der Waals surface area (Å²) < 4.78 is 23.9. The molecule has 17 heavy (non-hydrogen) atoms. The molecule has 1 N–H and O–H groups in total. The van der Waals surface area contributed by atoms with Crippen LogP contribution in [0.1, 0.15) is 18.1 Å². The molecule has 0 spiro atoms. The number of sulfone groups is 1. The summed E-state index contributed by atoms with van der Waals surface area (Å²) in [5.74, 6) is -2.37. The SMILES string of the molecule is Cc1ccc(S(=O)(=O)CC(C)C(=O)O)cc1C. The van der Waals surface area contributed by atoms with Crippen molar-refractivity contribution < 1.29 is 18.3 Å². The first kappa shape index (κ1) is 13.7. The third-order valence-corrected chi connectivity index (χ3v) is 4.64. The quantitative estimate of drug-likeness (QED) is 0.891. The van der Waals surface area contributed by atoms with Gasteiger partial charge < -0.3 is 5.11 Å². The van der Waals surface area contributed by atoms with Crippen LogP contribution in [-0.2, 0) is 14.6 Å². The molecule has 0 aliphatic carbocycles. The minimum Gasteiger partial charge on any atom is -0.481 e. The maximum atomic E-state index is 11.9. The zero-order valence-corrected chi connectivity index (χ0v) is 10.9. The molecule has 4 nitrogen and oxygen atoms in total. The van der Waals surface area contributed by atoms with E-state index < -0.39 is 21.7 Å². The molecule has 0 aliphatic heterocycles. The van der Waals surface area contributed by atoms with E-state index >= 15 is 0 Å². The fraction of sp³-hybridized carbons (Fsp3) is 0.417. The summed E-state index contributed by atoms with van der Waals surface area (Å²) in [6, 6.07) is 4.83. The van der Waals surface area contributed by atoms with Crippen molar-refractivity contribution in [2.24, 2.45) is 5.92 Å². The second-order valence-electron chi connectivity index (χ2n) is 4.27. The van der Waals surface area contributed by atoms with Crippen LogP contribution in [0.25, 0.3) is 0 Å². The zero-order valence-electron chi connectivity index (χ0n) is 10.1. The van der Waals surface area contributed by atoms with Crippen LogP contribution in [0.2, 0.25) is 0 Å². The van der Waals surface area contributed by atoms with Gasteiger partial charge in [-0.25, -0.2) is 8.42 Å². The van der Waals surface area contributed by atoms with Gasteiger partial charge in [0.05, 0.1) is 16.6 Å². The number of carboxylic acids is 1. The van der Waals surface area contributed by atoms with Gasteiger partial charge in [0, 0.05) is 0 Å². The molecule has 0 aliphatic rings. The smallest absolute Gasteiger partial charge is 0.307 e. The molecule has 0 amide bonds. The van der Waals surface area contributed by atoms with Gasteiger partial charge in [-0.05, 0) is 37.1 Å². The van der Waals surface area contributed by atoms with Crippen molar-refractivity contribution in [3.8, 4) is 0 Å². The molecular formula is C12H16O4S. The molecule has 0 saturated heterocycles. The third-order valence-electron chi connectivity index (χ3n) is 2.73. The Kier molecular flexibility index (Phi) is 3.93. The summed E-state index contributed by atoms with van der Waals surface area (Å²) in [5.41, 5.74) is 1.89. The summed E-state index contributed by atoms with van der Waals surface area (Å²) >= 11 is 0. The Balaban J connectivity index is 3.05. The Hall–Kier alpha value is -1.36. The van der Waals surface area contributed by atoms with Crippen LogP contribution in [0.4, 0.5) is 0 Å². The van der Waals surface area contributed by atoms with E-state index in [4.69, 9.17) is 5.11 Å². The van der Waals surface area contributed by atoms with Crippen LogP contribution in [0.3, 0.4) is 0 Å². The lowest BCUT2D eigenvalue weighted by molar-refractivity contribution is -0.140. The molecule has 94 valence electrons. The van der Waals surface area contributed by atoms with E-state index in [-0.39, 0.29) is 10.6 Å². The van der Waals surface area contributed by atoms with E-state index in [0.29, 0.717) is 0 Å². The highest BCUT2D eigenvalue weighted by molar-refractivity contribution is 7.91. The van der Waals surface area contributed by atoms with Crippen molar-refractivity contribution in [2.75, 3.05) is 5.75 Å². The minimum absolute atomic E-state index is 0.189. The van der Waals surface area contributed by atoms with Gasteiger partial charge in [-0.2, -0.15) is 0 Å². The van der Waals surface area contributed by atoms with E-state index in [1.54, 1.807) is 12.1 Å². The molecule has 1 unspecified atom stereocenters. The first-order chi connectivity index (χ1) is 7.74. The van der Waals surface area contributed by atoms with Gasteiger partial charge in [0.2, 0.25) is 0 Å². The molecule has 0 bridgehead atoms. The van der Waals surface area contributed by atoms with Gasteiger partial charge in [0.25, 0.3) is 0 Å². The Labute approximate surface area is 101 Å². The molecule has 1 atom stereocenters. The van der Waals surface area contributed by atoms with Crippen LogP contribution in [0, 0.1) is 19.8 Å². The van der Waals surface area contributed by atoms with Crippen LogP contribution in [-0.4, -0.2) is 25.2 Å². The number of aliphatic carboxylic acids is 1. The van der Waals surface area contributed by atoms with Crippen LogP contribution < -0.4 is 0 Å². The largest absolute Gasteiger partial charge is 0.481 e. The Bertz CT molecular complexity index is 531. The third kappa shape index (κ3) is 3.30. The average Bonchev–Trinajstić information content (AvgIpc) is 2.21. The highest BCUT2D eigenvalue weighted by Gasteiger charge is 2.22. The van der Waals surface area contributed by atoms with Crippen LogP contribution in [0.15, 0.2) is 23.1 Å². The van der Waals surface area contributed by atoms with Crippen molar-refractivity contribution in [3.63, 3.8) is 0 Å². The molecule has 0 heterocycles. The van der Waals surface area contributed by atoms with Crippen LogP contribution in [0.5, 0.6) is 0 Å². The lowest BCUT2D eigenvalue weighted by atomic mass is 10.1. The second kappa shape index (κ2) is 4.87. The highest BCUT2D eigenvalue weighted by Crippen LogP contribution is 2.18. The molecule has 0 radical (unpaired) electrons. The maximum absolute atomic E-state index is 11.9. The summed E-state index contributed by atoms with van der Waals surface area (Å²) in [6.07, 6.45) is 0. The number of rotatable bonds is 4. The Morgan fingerprint density at radius 1 is 1.29 bits per heavy atom. The van der Waals surface area contributed by atoms with Gasteiger partial charge in [0.1, 0.15) is 0 Å². The maximum Gasteiger partial charge on any atom is 0.307 e. The molecule has 5 heteroatoms. The lowest BCUT2D eigenvalue weighted by Crippen LogP contribution is -2.21. The van der Waals surface area contributed by atoms with Crippen molar-refractivity contribution in [3.05, 3.63) is 29.3 Å². The zero-order chi connectivity index (χ0) is 13.2. The summed E-state index contributed by atoms with van der Waals surface area (Å²) in [6.45, 7) is 5.11. The monoisotopic (exact) mass is 256 g/mol. The molecular weight excluding hydrogens is 240 g/mol. The van der Waals surface area contributed by atoms with Gasteiger partial charge in [0.15, 0.2) is 9.84 Å². The van der Waals surface area contributed by atoms with Crippen molar-refractivity contribution >= 4 is 15.8 Å². The van der Waals surface area contributed by atoms with Crippen molar-refractivity contribution in [2.45, 2.75) is 25.7 Å². The van der Waals surface area contributed by atoms with E-state index in [1.165, 1.54) is 13.0 Å². The average molecular weight is 256 g/mol. The van der Waals surface area contributed by atoms with Crippen molar-refractivity contribution in [1.29, 1.82) is 0 Å². The normalized spacial score (nSPS) is 13.4. The predicted molar refractivity (Wildman–Crippen MR) is 64.8 cm³/mol. The predicted octanol–water partition coefficient (Wildman–Crippen LogP) is 1.80. The topological polar surface area (TPSA) is 71.4 Å². The number of hydrogen-bond acceptors (Lipinski definition) is 3. The number of carboxylic acid groups (broad SMARTS) is 1. The number of aryl methyl sites for hydroxylation is 2. The first-order valence-corrected chi connectivity index (χ1v) is 6.92. The van der Waals surface area contributed by atoms with E-state index in [0.717, 1.165) is 11.1 Å². The molecule has 0 fully saturated rings. The Morgan fingerprint density at radius 2 is 1.88 bits per heavy atom. The summed E-state index contributed by atoms with van der Waals surface area (Å²) in [7, 11) is -3.52. The lowest BCUT2D eigenvalue weighted by Gasteiger charge is -2.09. The van der Waals surface area contributed by atoms with Gasteiger partial charge in [-0.3, -0.25) is 4.79 Å². The van der Waals surface area contributed by atoms with Gasteiger partial charge >= 0.3 is 5.97 Å². The van der Waals surface area contributed by atoms with Gasteiger partial charge in [-0.1, -0.05) is 13.0 Å². The molecule has 1 rings (SSSR count). The van der Waals surface area contributed by atoms with Gasteiger partial charge in [-0.15, -0.1) is 0 Å². The Morgan fingerprint density at radius 3 is 2.35 bits per heavy atom. The molecule has 1 aromatic carbocycles. The van der Waals surface area contributed by atoms with E-state index in [9.17, 15) is 13.2 Å². The van der Waals surface area contributed by atoms with E-state index in [1.807, 2.05) is 13.8 Å². The molecule has 0 saturated carbocycles. The summed E-state index contributed by atoms with van der Waals surface area (Å²) in [4.78, 5) is 10.9. The number of hydrogen-bond donors (Lipinski definition) is 1. The fourth-order valence-corrected chi connectivity index (χ4v) is 3.03. The standard InChI is InChI=1S/C12H16O4S/c1-8-4-5-11(6-9(8)2)17(15,16)7-10(3)12(13)14/h4-6,10H,7H2,1-3H3,(H,13,14).